The number of hydrogen-bond donors (Lipinski definition) is 1. The summed E-state index contributed by atoms with van der Waals surface area (Å²) in [6.07, 6.45) is 1.36. The molecule has 0 spiro atoms. The van der Waals surface area contributed by atoms with Gasteiger partial charge in [-0.15, -0.1) is 0 Å². The summed E-state index contributed by atoms with van der Waals surface area (Å²) < 4.78 is 19.2. The molecule has 1 aromatic heterocycles. The van der Waals surface area contributed by atoms with Crippen LogP contribution in [0.1, 0.15) is 16.9 Å². The number of furan rings is 1. The first-order chi connectivity index (χ1) is 14.3. The van der Waals surface area contributed by atoms with Gasteiger partial charge in [0, 0.05) is 5.56 Å². The Labute approximate surface area is 177 Å². The minimum atomic E-state index is -0.602. The van der Waals surface area contributed by atoms with E-state index in [0.717, 1.165) is 11.1 Å². The van der Waals surface area contributed by atoms with Crippen molar-refractivity contribution in [1.29, 1.82) is 0 Å². The van der Waals surface area contributed by atoms with E-state index in [-0.39, 0.29) is 16.5 Å². The standard InChI is InChI=1S/C23H17FN2O3S/c1-13-5-3-8-19(14(13)2)26-22(28)18(21(27)25-23(26)30)12-17-9-10-20(29-17)15-6-4-7-16(24)11-15/h3-12H,1-2H3,(H,25,27,30)/b18-12+. The van der Waals surface area contributed by atoms with Crippen LogP contribution < -0.4 is 10.2 Å². The van der Waals surface area contributed by atoms with Gasteiger partial charge in [-0.1, -0.05) is 24.3 Å². The van der Waals surface area contributed by atoms with E-state index < -0.39 is 11.8 Å². The van der Waals surface area contributed by atoms with Crippen LogP contribution in [0.4, 0.5) is 10.1 Å². The van der Waals surface area contributed by atoms with E-state index in [0.29, 0.717) is 22.8 Å². The molecule has 0 saturated carbocycles. The van der Waals surface area contributed by atoms with Gasteiger partial charge in [-0.2, -0.15) is 0 Å². The molecule has 2 amide bonds. The second kappa shape index (κ2) is 7.68. The van der Waals surface area contributed by atoms with Gasteiger partial charge in [-0.25, -0.2) is 4.39 Å². The SMILES string of the molecule is Cc1cccc(N2C(=O)/C(=C/c3ccc(-c4cccc(F)c4)o3)C(=O)NC2=S)c1C. The summed E-state index contributed by atoms with van der Waals surface area (Å²) in [4.78, 5) is 26.9. The zero-order chi connectivity index (χ0) is 21.4. The van der Waals surface area contributed by atoms with Crippen molar-refractivity contribution in [3.8, 4) is 11.3 Å². The van der Waals surface area contributed by atoms with E-state index in [4.69, 9.17) is 16.6 Å². The van der Waals surface area contributed by atoms with E-state index in [1.807, 2.05) is 26.0 Å². The van der Waals surface area contributed by atoms with Crippen molar-refractivity contribution in [3.05, 3.63) is 82.9 Å². The normalized spacial score (nSPS) is 15.6. The van der Waals surface area contributed by atoms with Crippen LogP contribution >= 0.6 is 12.2 Å². The predicted octanol–water partition coefficient (Wildman–Crippen LogP) is 4.53. The maximum Gasteiger partial charge on any atom is 0.270 e. The Morgan fingerprint density at radius 2 is 1.83 bits per heavy atom. The van der Waals surface area contributed by atoms with Crippen molar-refractivity contribution >= 4 is 40.9 Å². The molecule has 150 valence electrons. The van der Waals surface area contributed by atoms with Crippen LogP contribution in [0.2, 0.25) is 0 Å². The first kappa shape index (κ1) is 19.7. The van der Waals surface area contributed by atoms with E-state index in [2.05, 4.69) is 5.32 Å². The Balaban J connectivity index is 1.71. The summed E-state index contributed by atoms with van der Waals surface area (Å²) in [7, 11) is 0. The lowest BCUT2D eigenvalue weighted by atomic mass is 10.0. The number of anilines is 1. The zero-order valence-electron chi connectivity index (χ0n) is 16.2. The molecule has 5 nitrogen and oxygen atoms in total. The topological polar surface area (TPSA) is 62.6 Å². The highest BCUT2D eigenvalue weighted by molar-refractivity contribution is 7.80. The molecular weight excluding hydrogens is 403 g/mol. The molecule has 1 aliphatic rings. The maximum atomic E-state index is 13.5. The predicted molar refractivity (Wildman–Crippen MR) is 116 cm³/mol. The fraction of sp³-hybridized carbons (Fsp3) is 0.0870. The van der Waals surface area contributed by atoms with Crippen LogP contribution in [0.5, 0.6) is 0 Å². The van der Waals surface area contributed by atoms with Crippen LogP contribution in [0, 0.1) is 19.7 Å². The molecule has 30 heavy (non-hydrogen) atoms. The number of thiocarbonyl (C=S) groups is 1. The molecule has 1 saturated heterocycles. The zero-order valence-corrected chi connectivity index (χ0v) is 17.0. The monoisotopic (exact) mass is 420 g/mol. The van der Waals surface area contributed by atoms with Crippen molar-refractivity contribution in [3.63, 3.8) is 0 Å². The van der Waals surface area contributed by atoms with Crippen molar-refractivity contribution in [2.45, 2.75) is 13.8 Å². The Kier molecular flexibility index (Phi) is 5.05. The lowest BCUT2D eigenvalue weighted by Crippen LogP contribution is -2.54. The summed E-state index contributed by atoms with van der Waals surface area (Å²) >= 11 is 5.25. The number of benzene rings is 2. The third-order valence-corrected chi connectivity index (χ3v) is 5.23. The first-order valence-electron chi connectivity index (χ1n) is 9.18. The lowest BCUT2D eigenvalue weighted by molar-refractivity contribution is -0.122. The molecule has 0 aliphatic carbocycles. The van der Waals surface area contributed by atoms with Crippen LogP contribution in [0.15, 0.2) is 64.6 Å². The molecule has 2 aromatic carbocycles. The van der Waals surface area contributed by atoms with Crippen molar-refractivity contribution in [1.82, 2.24) is 5.32 Å². The molecule has 1 N–H and O–H groups in total. The van der Waals surface area contributed by atoms with Crippen LogP contribution in [-0.2, 0) is 9.59 Å². The summed E-state index contributed by atoms with van der Waals surface area (Å²) in [5.74, 6) is -0.812. The van der Waals surface area contributed by atoms with E-state index in [1.54, 1.807) is 30.3 Å². The lowest BCUT2D eigenvalue weighted by Gasteiger charge is -2.30. The van der Waals surface area contributed by atoms with Gasteiger partial charge in [0.15, 0.2) is 5.11 Å². The molecule has 1 fully saturated rings. The van der Waals surface area contributed by atoms with Crippen LogP contribution in [0.25, 0.3) is 17.4 Å². The maximum absolute atomic E-state index is 13.5. The minimum Gasteiger partial charge on any atom is -0.457 e. The molecule has 7 heteroatoms. The Morgan fingerprint density at radius 3 is 2.60 bits per heavy atom. The number of amides is 2. The fourth-order valence-electron chi connectivity index (χ4n) is 3.22. The number of carbonyl (C=O) groups is 2. The van der Waals surface area contributed by atoms with Gasteiger partial charge >= 0.3 is 0 Å². The summed E-state index contributed by atoms with van der Waals surface area (Å²) in [5, 5.41) is 2.58. The molecule has 2 heterocycles. The summed E-state index contributed by atoms with van der Waals surface area (Å²) in [6, 6.07) is 14.8. The number of halogens is 1. The Hall–Kier alpha value is -3.58. The quantitative estimate of drug-likeness (QED) is 0.384. The molecule has 4 rings (SSSR count). The summed E-state index contributed by atoms with van der Waals surface area (Å²) in [6.45, 7) is 3.82. The summed E-state index contributed by atoms with van der Waals surface area (Å²) in [5.41, 5.74) is 2.93. The van der Waals surface area contributed by atoms with Crippen molar-refractivity contribution < 1.29 is 18.4 Å². The average molecular weight is 420 g/mol. The molecule has 0 atom stereocenters. The smallest absolute Gasteiger partial charge is 0.270 e. The molecule has 3 aromatic rings. The van der Waals surface area contributed by atoms with E-state index in [9.17, 15) is 14.0 Å². The highest BCUT2D eigenvalue weighted by Gasteiger charge is 2.35. The molecule has 0 radical (unpaired) electrons. The molecule has 0 bridgehead atoms. The second-order valence-electron chi connectivity index (χ2n) is 6.89. The first-order valence-corrected chi connectivity index (χ1v) is 9.59. The number of nitrogens with one attached hydrogen (secondary N) is 1. The number of nitrogens with zero attached hydrogens (tertiary/aromatic N) is 1. The largest absolute Gasteiger partial charge is 0.457 e. The van der Waals surface area contributed by atoms with Gasteiger partial charge in [0.25, 0.3) is 11.8 Å². The van der Waals surface area contributed by atoms with Crippen molar-refractivity contribution in [2.75, 3.05) is 4.90 Å². The van der Waals surface area contributed by atoms with Crippen molar-refractivity contribution in [2.24, 2.45) is 0 Å². The molecular formula is C23H17FN2O3S. The molecule has 1 aliphatic heterocycles. The second-order valence-corrected chi connectivity index (χ2v) is 7.28. The van der Waals surface area contributed by atoms with Crippen LogP contribution in [0.3, 0.4) is 0 Å². The van der Waals surface area contributed by atoms with Crippen LogP contribution in [-0.4, -0.2) is 16.9 Å². The van der Waals surface area contributed by atoms with E-state index in [1.165, 1.54) is 23.1 Å². The Morgan fingerprint density at radius 1 is 1.07 bits per heavy atom. The number of carbonyl (C=O) groups excluding carboxylic acids is 2. The average Bonchev–Trinajstić information content (AvgIpc) is 3.17. The third-order valence-electron chi connectivity index (χ3n) is 4.94. The third kappa shape index (κ3) is 3.55. The molecule has 0 unspecified atom stereocenters. The number of aryl methyl sites for hydroxylation is 1. The van der Waals surface area contributed by atoms with Gasteiger partial charge in [0.1, 0.15) is 22.9 Å². The van der Waals surface area contributed by atoms with Gasteiger partial charge in [0.2, 0.25) is 0 Å². The minimum absolute atomic E-state index is 0.0238. The Bertz CT molecular complexity index is 1230. The highest BCUT2D eigenvalue weighted by atomic mass is 32.1. The van der Waals surface area contributed by atoms with E-state index >= 15 is 0 Å². The number of rotatable bonds is 3. The van der Waals surface area contributed by atoms with Gasteiger partial charge in [-0.3, -0.25) is 19.8 Å². The van der Waals surface area contributed by atoms with Gasteiger partial charge in [-0.05, 0) is 73.6 Å². The van der Waals surface area contributed by atoms with Gasteiger partial charge in [0.05, 0.1) is 5.69 Å². The fourth-order valence-corrected chi connectivity index (χ4v) is 3.50. The van der Waals surface area contributed by atoms with Gasteiger partial charge < -0.3 is 4.42 Å². The highest BCUT2D eigenvalue weighted by Crippen LogP contribution is 2.28. The number of hydrogen-bond acceptors (Lipinski definition) is 4.